The number of halogens is 1. The summed E-state index contributed by atoms with van der Waals surface area (Å²) in [7, 11) is 5.43. The smallest absolute Gasteiger partial charge is 0.295 e. The molecule has 1 saturated heterocycles. The fourth-order valence-corrected chi connectivity index (χ4v) is 4.33. The molecule has 1 amide bonds. The zero-order valence-electron chi connectivity index (χ0n) is 19.1. The summed E-state index contributed by atoms with van der Waals surface area (Å²) in [5, 5.41) is 11.9. The Hall–Kier alpha value is -2.83. The highest BCUT2D eigenvalue weighted by Crippen LogP contribution is 2.42. The summed E-state index contributed by atoms with van der Waals surface area (Å²) in [6.07, 6.45) is 0.691. The normalized spacial score (nSPS) is 18.0. The van der Waals surface area contributed by atoms with Crippen LogP contribution in [0, 0.1) is 13.8 Å². The van der Waals surface area contributed by atoms with Gasteiger partial charge in [-0.2, -0.15) is 0 Å². The van der Waals surface area contributed by atoms with E-state index in [1.54, 1.807) is 30.3 Å². The van der Waals surface area contributed by atoms with E-state index in [9.17, 15) is 14.7 Å². The molecule has 1 atom stereocenters. The molecular formula is C25H29ClN2O4. The number of ether oxygens (including phenoxy) is 1. The number of Topliss-reactive ketones (excluding diaryl/α,β-unsaturated/α-hetero) is 1. The Morgan fingerprint density at radius 2 is 1.81 bits per heavy atom. The Balaban J connectivity index is 2.18. The lowest BCUT2D eigenvalue weighted by Crippen LogP contribution is -2.32. The first-order chi connectivity index (χ1) is 15.1. The maximum absolute atomic E-state index is 13.2. The molecule has 0 aromatic heterocycles. The van der Waals surface area contributed by atoms with E-state index in [1.807, 2.05) is 38.9 Å². The molecule has 0 aliphatic carbocycles. The minimum atomic E-state index is -0.708. The van der Waals surface area contributed by atoms with E-state index in [0.717, 1.165) is 17.7 Å². The number of carbonyl (C=O) groups is 2. The maximum atomic E-state index is 13.2. The van der Waals surface area contributed by atoms with Gasteiger partial charge in [0.05, 0.1) is 24.3 Å². The molecular weight excluding hydrogens is 428 g/mol. The minimum absolute atomic E-state index is 0.0606. The first kappa shape index (κ1) is 23.8. The lowest BCUT2D eigenvalue weighted by molar-refractivity contribution is -0.139. The number of rotatable bonds is 7. The number of methoxy groups -OCH3 is 1. The summed E-state index contributed by atoms with van der Waals surface area (Å²) < 4.78 is 5.52. The lowest BCUT2D eigenvalue weighted by Gasteiger charge is -2.26. The van der Waals surface area contributed by atoms with Crippen molar-refractivity contribution in [1.29, 1.82) is 0 Å². The highest BCUT2D eigenvalue weighted by Gasteiger charge is 2.46. The molecule has 0 spiro atoms. The van der Waals surface area contributed by atoms with Crippen molar-refractivity contribution in [2.45, 2.75) is 26.3 Å². The molecule has 1 fully saturated rings. The highest BCUT2D eigenvalue weighted by molar-refractivity contribution is 6.46. The molecule has 32 heavy (non-hydrogen) atoms. The van der Waals surface area contributed by atoms with Gasteiger partial charge in [-0.3, -0.25) is 9.59 Å². The van der Waals surface area contributed by atoms with Crippen LogP contribution in [-0.2, 0) is 9.59 Å². The van der Waals surface area contributed by atoms with Gasteiger partial charge in [0.25, 0.3) is 11.7 Å². The average Bonchev–Trinajstić information content (AvgIpc) is 2.98. The third-order valence-electron chi connectivity index (χ3n) is 5.61. The summed E-state index contributed by atoms with van der Waals surface area (Å²) in [4.78, 5) is 29.7. The van der Waals surface area contributed by atoms with Crippen LogP contribution < -0.4 is 4.74 Å². The summed E-state index contributed by atoms with van der Waals surface area (Å²) in [5.74, 6) is -1.08. The third kappa shape index (κ3) is 4.66. The second-order valence-corrected chi connectivity index (χ2v) is 8.80. The second kappa shape index (κ2) is 9.76. The van der Waals surface area contributed by atoms with Crippen LogP contribution in [0.4, 0.5) is 0 Å². The van der Waals surface area contributed by atoms with Crippen LogP contribution in [0.25, 0.3) is 5.76 Å². The van der Waals surface area contributed by atoms with Crippen molar-refractivity contribution in [3.63, 3.8) is 0 Å². The van der Waals surface area contributed by atoms with Gasteiger partial charge in [-0.25, -0.2) is 0 Å². The van der Waals surface area contributed by atoms with Gasteiger partial charge < -0.3 is 19.6 Å². The Labute approximate surface area is 194 Å². The molecule has 0 bridgehead atoms. The number of amides is 1. The number of aliphatic hydroxyl groups is 1. The fourth-order valence-electron chi connectivity index (χ4n) is 4.21. The van der Waals surface area contributed by atoms with Crippen molar-refractivity contribution in [1.82, 2.24) is 9.80 Å². The van der Waals surface area contributed by atoms with Gasteiger partial charge in [-0.05, 0) is 75.8 Å². The largest absolute Gasteiger partial charge is 0.507 e. The van der Waals surface area contributed by atoms with E-state index < -0.39 is 17.7 Å². The summed E-state index contributed by atoms with van der Waals surface area (Å²) in [6, 6.07) is 9.99. The predicted octanol–water partition coefficient (Wildman–Crippen LogP) is 4.34. The number of hydrogen-bond donors (Lipinski definition) is 1. The fraction of sp³-hybridized carbons (Fsp3) is 0.360. The van der Waals surface area contributed by atoms with Crippen LogP contribution >= 0.6 is 11.6 Å². The van der Waals surface area contributed by atoms with Crippen molar-refractivity contribution < 1.29 is 19.4 Å². The van der Waals surface area contributed by atoms with Gasteiger partial charge in [0.2, 0.25) is 0 Å². The van der Waals surface area contributed by atoms with Crippen molar-refractivity contribution in [3.8, 4) is 5.75 Å². The van der Waals surface area contributed by atoms with Crippen LogP contribution in [0.15, 0.2) is 42.0 Å². The van der Waals surface area contributed by atoms with Gasteiger partial charge >= 0.3 is 0 Å². The zero-order valence-corrected chi connectivity index (χ0v) is 19.9. The summed E-state index contributed by atoms with van der Waals surface area (Å²) in [5.41, 5.74) is 2.91. The number of aliphatic hydroxyl groups excluding tert-OH is 1. The SMILES string of the molecule is COc1c(C)cc(C)cc1/C(O)=C1\C(=O)C(=O)N(CCCN(C)C)C1c1ccc(Cl)cc1. The number of ketones is 1. The van der Waals surface area contributed by atoms with Crippen molar-refractivity contribution in [3.05, 3.63) is 69.2 Å². The van der Waals surface area contributed by atoms with Crippen LogP contribution in [0.1, 0.15) is 34.7 Å². The lowest BCUT2D eigenvalue weighted by atomic mass is 9.93. The molecule has 2 aromatic carbocycles. The molecule has 0 saturated carbocycles. The number of carbonyl (C=O) groups excluding carboxylic acids is 2. The van der Waals surface area contributed by atoms with Crippen molar-refractivity contribution in [2.24, 2.45) is 0 Å². The van der Waals surface area contributed by atoms with E-state index in [0.29, 0.717) is 34.9 Å². The van der Waals surface area contributed by atoms with E-state index in [1.165, 1.54) is 12.0 Å². The third-order valence-corrected chi connectivity index (χ3v) is 5.86. The molecule has 1 N–H and O–H groups in total. The molecule has 7 heteroatoms. The van der Waals surface area contributed by atoms with Gasteiger partial charge in [-0.15, -0.1) is 0 Å². The summed E-state index contributed by atoms with van der Waals surface area (Å²) >= 11 is 6.07. The molecule has 1 unspecified atom stereocenters. The Morgan fingerprint density at radius 3 is 2.41 bits per heavy atom. The van der Waals surface area contributed by atoms with Gasteiger partial charge in [0.1, 0.15) is 11.5 Å². The summed E-state index contributed by atoms with van der Waals surface area (Å²) in [6.45, 7) is 4.93. The minimum Gasteiger partial charge on any atom is -0.507 e. The first-order valence-corrected chi connectivity index (χ1v) is 10.9. The monoisotopic (exact) mass is 456 g/mol. The Morgan fingerprint density at radius 1 is 1.16 bits per heavy atom. The van der Waals surface area contributed by atoms with E-state index >= 15 is 0 Å². The van der Waals surface area contributed by atoms with Crippen molar-refractivity contribution >= 4 is 29.1 Å². The molecule has 170 valence electrons. The van der Waals surface area contributed by atoms with E-state index in [-0.39, 0.29) is 11.3 Å². The Kier molecular flexibility index (Phi) is 7.26. The molecule has 3 rings (SSSR count). The van der Waals surface area contributed by atoms with Crippen molar-refractivity contribution in [2.75, 3.05) is 34.3 Å². The first-order valence-electron chi connectivity index (χ1n) is 10.5. The highest BCUT2D eigenvalue weighted by atomic mass is 35.5. The molecule has 1 aliphatic heterocycles. The zero-order chi connectivity index (χ0) is 23.6. The van der Waals surface area contributed by atoms with E-state index in [4.69, 9.17) is 16.3 Å². The number of nitrogens with zero attached hydrogens (tertiary/aromatic N) is 2. The molecule has 1 aliphatic rings. The quantitative estimate of drug-likeness (QED) is 0.381. The van der Waals surface area contributed by atoms with Gasteiger partial charge in [0, 0.05) is 11.6 Å². The predicted molar refractivity (Wildman–Crippen MR) is 126 cm³/mol. The maximum Gasteiger partial charge on any atom is 0.295 e. The molecule has 6 nitrogen and oxygen atoms in total. The number of likely N-dealkylation sites (tertiary alicyclic amines) is 1. The topological polar surface area (TPSA) is 70.1 Å². The van der Waals surface area contributed by atoms with Crippen LogP contribution in [-0.4, -0.2) is 60.9 Å². The van der Waals surface area contributed by atoms with Crippen LogP contribution in [0.5, 0.6) is 5.75 Å². The number of benzene rings is 2. The standard InChI is InChI=1S/C25H29ClN2O4/c1-15-13-16(2)24(32-5)19(14-15)22(29)20-21(17-7-9-18(26)10-8-17)28(25(31)23(20)30)12-6-11-27(3)4/h7-10,13-14,21,29H,6,11-12H2,1-5H3/b22-20+. The van der Waals surface area contributed by atoms with Crippen LogP contribution in [0.3, 0.4) is 0 Å². The number of aryl methyl sites for hydroxylation is 2. The molecule has 1 heterocycles. The van der Waals surface area contributed by atoms with Gasteiger partial charge in [0.15, 0.2) is 0 Å². The van der Waals surface area contributed by atoms with E-state index in [2.05, 4.69) is 0 Å². The Bertz CT molecular complexity index is 1060. The molecule has 2 aromatic rings. The molecule has 0 radical (unpaired) electrons. The van der Waals surface area contributed by atoms with Crippen LogP contribution in [0.2, 0.25) is 5.02 Å². The van der Waals surface area contributed by atoms with Gasteiger partial charge in [-0.1, -0.05) is 29.8 Å². The second-order valence-electron chi connectivity index (χ2n) is 8.36. The average molecular weight is 457 g/mol. The number of hydrogen-bond acceptors (Lipinski definition) is 5.